The number of aromatic amines is 1. The van der Waals surface area contributed by atoms with E-state index in [1.54, 1.807) is 12.3 Å². The fraction of sp³-hybridized carbons (Fsp3) is 0.0909. The Morgan fingerprint density at radius 1 is 0.931 bits per heavy atom. The zero-order valence-electron chi connectivity index (χ0n) is 15.6. The van der Waals surface area contributed by atoms with Gasteiger partial charge in [-0.15, -0.1) is 0 Å². The Morgan fingerprint density at radius 3 is 2.45 bits per heavy atom. The molecule has 29 heavy (non-hydrogen) atoms. The molecule has 2 aromatic carbocycles. The van der Waals surface area contributed by atoms with Crippen molar-refractivity contribution in [1.82, 2.24) is 25.3 Å². The maximum absolute atomic E-state index is 12.3. The topological polar surface area (TPSA) is 92.7 Å². The quantitative estimate of drug-likeness (QED) is 0.534. The van der Waals surface area contributed by atoms with Crippen LogP contribution in [0.2, 0.25) is 0 Å². The van der Waals surface area contributed by atoms with Crippen molar-refractivity contribution in [1.29, 1.82) is 0 Å². The molecule has 0 atom stereocenters. The lowest BCUT2D eigenvalue weighted by molar-refractivity contribution is -0.122. The molecule has 144 valence electrons. The summed E-state index contributed by atoms with van der Waals surface area (Å²) in [5.41, 5.74) is 4.13. The zero-order chi connectivity index (χ0) is 20.1. The van der Waals surface area contributed by atoms with Crippen LogP contribution in [-0.4, -0.2) is 25.9 Å². The lowest BCUT2D eigenvalue weighted by atomic mass is 10.1. The van der Waals surface area contributed by atoms with Gasteiger partial charge in [0.1, 0.15) is 6.54 Å². The van der Waals surface area contributed by atoms with Crippen LogP contribution in [0.1, 0.15) is 5.56 Å². The first-order valence-electron chi connectivity index (χ1n) is 9.18. The molecular formula is C22H19N5O2. The Kier molecular flexibility index (Phi) is 5.29. The van der Waals surface area contributed by atoms with Crippen molar-refractivity contribution in [3.8, 4) is 22.5 Å². The van der Waals surface area contributed by atoms with Crippen LogP contribution < -0.4 is 10.9 Å². The van der Waals surface area contributed by atoms with Crippen molar-refractivity contribution in [3.63, 3.8) is 0 Å². The van der Waals surface area contributed by atoms with E-state index in [0.717, 1.165) is 22.4 Å². The number of nitrogens with zero attached hydrogens (tertiary/aromatic N) is 3. The predicted octanol–water partition coefficient (Wildman–Crippen LogP) is 2.62. The standard InChI is InChI=1S/C22H19N5O2/c28-21(23-14-16-6-8-18(9-7-16)19-12-13-24-25-19)15-27-22(29)11-10-20(26-27)17-4-2-1-3-5-17/h1-13H,14-15H2,(H,23,28)(H,24,25). The molecule has 0 saturated heterocycles. The summed E-state index contributed by atoms with van der Waals surface area (Å²) >= 11 is 0. The normalized spacial score (nSPS) is 10.6. The Hall–Kier alpha value is -4.00. The van der Waals surface area contributed by atoms with Crippen LogP contribution >= 0.6 is 0 Å². The third-order valence-electron chi connectivity index (χ3n) is 4.48. The summed E-state index contributed by atoms with van der Waals surface area (Å²) in [6.07, 6.45) is 1.70. The van der Waals surface area contributed by atoms with Crippen molar-refractivity contribution in [2.75, 3.05) is 0 Å². The van der Waals surface area contributed by atoms with Crippen molar-refractivity contribution in [3.05, 3.63) is 94.9 Å². The van der Waals surface area contributed by atoms with Crippen molar-refractivity contribution in [2.24, 2.45) is 0 Å². The Morgan fingerprint density at radius 2 is 1.72 bits per heavy atom. The summed E-state index contributed by atoms with van der Waals surface area (Å²) in [5.74, 6) is -0.276. The van der Waals surface area contributed by atoms with Gasteiger partial charge in [-0.3, -0.25) is 14.7 Å². The summed E-state index contributed by atoms with van der Waals surface area (Å²) in [4.78, 5) is 24.4. The first kappa shape index (κ1) is 18.4. The number of carbonyl (C=O) groups excluding carboxylic acids is 1. The number of aromatic nitrogens is 4. The van der Waals surface area contributed by atoms with E-state index in [1.807, 2.05) is 60.7 Å². The molecule has 0 bridgehead atoms. The summed E-state index contributed by atoms with van der Waals surface area (Å²) in [7, 11) is 0. The van der Waals surface area contributed by atoms with E-state index in [-0.39, 0.29) is 18.0 Å². The maximum Gasteiger partial charge on any atom is 0.267 e. The number of H-pyrrole nitrogens is 1. The largest absolute Gasteiger partial charge is 0.350 e. The molecular weight excluding hydrogens is 366 g/mol. The highest BCUT2D eigenvalue weighted by Crippen LogP contribution is 2.16. The molecule has 7 heteroatoms. The number of carbonyl (C=O) groups is 1. The first-order chi connectivity index (χ1) is 14.2. The summed E-state index contributed by atoms with van der Waals surface area (Å²) < 4.78 is 1.18. The molecule has 0 radical (unpaired) electrons. The van der Waals surface area contributed by atoms with E-state index in [0.29, 0.717) is 12.2 Å². The Balaban J connectivity index is 1.39. The molecule has 7 nitrogen and oxygen atoms in total. The van der Waals surface area contributed by atoms with Gasteiger partial charge in [-0.25, -0.2) is 4.68 Å². The van der Waals surface area contributed by atoms with Crippen molar-refractivity contribution >= 4 is 5.91 Å². The lowest BCUT2D eigenvalue weighted by Gasteiger charge is -2.09. The monoisotopic (exact) mass is 385 g/mol. The lowest BCUT2D eigenvalue weighted by Crippen LogP contribution is -2.33. The third-order valence-corrected chi connectivity index (χ3v) is 4.48. The molecule has 0 spiro atoms. The molecule has 2 heterocycles. The molecule has 2 aromatic heterocycles. The number of rotatable bonds is 6. The van der Waals surface area contributed by atoms with Crippen LogP contribution in [0, 0.1) is 0 Å². The van der Waals surface area contributed by atoms with Gasteiger partial charge in [-0.2, -0.15) is 10.2 Å². The molecule has 0 aliphatic heterocycles. The second kappa shape index (κ2) is 8.35. The zero-order valence-corrected chi connectivity index (χ0v) is 15.6. The van der Waals surface area contributed by atoms with Gasteiger partial charge in [0.15, 0.2) is 0 Å². The predicted molar refractivity (Wildman–Crippen MR) is 110 cm³/mol. The van der Waals surface area contributed by atoms with Crippen LogP contribution in [0.4, 0.5) is 0 Å². The Labute approximate surface area is 167 Å². The third kappa shape index (κ3) is 4.47. The van der Waals surface area contributed by atoms with Crippen LogP contribution in [0.15, 0.2) is 83.8 Å². The smallest absolute Gasteiger partial charge is 0.267 e. The van der Waals surface area contributed by atoms with Crippen LogP contribution in [0.3, 0.4) is 0 Å². The molecule has 0 fully saturated rings. The van der Waals surface area contributed by atoms with Gasteiger partial charge in [0.05, 0.1) is 11.4 Å². The van der Waals surface area contributed by atoms with Gasteiger partial charge in [0, 0.05) is 24.4 Å². The van der Waals surface area contributed by atoms with Crippen LogP contribution in [0.25, 0.3) is 22.5 Å². The van der Waals surface area contributed by atoms with Gasteiger partial charge in [0.2, 0.25) is 5.91 Å². The van der Waals surface area contributed by atoms with Crippen molar-refractivity contribution in [2.45, 2.75) is 13.1 Å². The van der Waals surface area contributed by atoms with Gasteiger partial charge in [-0.1, -0.05) is 54.6 Å². The average Bonchev–Trinajstić information content (AvgIpc) is 3.30. The van der Waals surface area contributed by atoms with E-state index in [4.69, 9.17) is 0 Å². The Bertz CT molecular complexity index is 1150. The molecule has 0 aliphatic rings. The fourth-order valence-corrected chi connectivity index (χ4v) is 2.94. The molecule has 4 rings (SSSR count). The number of amides is 1. The summed E-state index contributed by atoms with van der Waals surface area (Å²) in [6.45, 7) is 0.237. The van der Waals surface area contributed by atoms with E-state index in [9.17, 15) is 9.59 Å². The number of hydrogen-bond acceptors (Lipinski definition) is 4. The van der Waals surface area contributed by atoms with E-state index in [2.05, 4.69) is 20.6 Å². The van der Waals surface area contributed by atoms with Crippen LogP contribution in [0.5, 0.6) is 0 Å². The summed E-state index contributed by atoms with van der Waals surface area (Å²) in [5, 5.41) is 14.0. The highest BCUT2D eigenvalue weighted by atomic mass is 16.2. The maximum atomic E-state index is 12.3. The second-order valence-electron chi connectivity index (χ2n) is 6.52. The molecule has 0 aliphatic carbocycles. The van der Waals surface area contributed by atoms with E-state index < -0.39 is 0 Å². The SMILES string of the molecule is O=C(Cn1nc(-c2ccccc2)ccc1=O)NCc1ccc(-c2ccn[nH]2)cc1. The number of benzene rings is 2. The van der Waals surface area contributed by atoms with Gasteiger partial charge in [0.25, 0.3) is 5.56 Å². The highest BCUT2D eigenvalue weighted by molar-refractivity contribution is 5.75. The molecule has 1 amide bonds. The second-order valence-corrected chi connectivity index (χ2v) is 6.52. The number of hydrogen-bond donors (Lipinski definition) is 2. The minimum absolute atomic E-state index is 0.133. The molecule has 4 aromatic rings. The van der Waals surface area contributed by atoms with Gasteiger partial charge < -0.3 is 5.32 Å². The van der Waals surface area contributed by atoms with Crippen LogP contribution in [-0.2, 0) is 17.9 Å². The first-order valence-corrected chi connectivity index (χ1v) is 9.18. The summed E-state index contributed by atoms with van der Waals surface area (Å²) in [6, 6.07) is 22.3. The minimum atomic E-state index is -0.316. The van der Waals surface area contributed by atoms with Crippen molar-refractivity contribution < 1.29 is 4.79 Å². The van der Waals surface area contributed by atoms with Gasteiger partial charge >= 0.3 is 0 Å². The molecule has 0 saturated carbocycles. The van der Waals surface area contributed by atoms with E-state index in [1.165, 1.54) is 10.7 Å². The minimum Gasteiger partial charge on any atom is -0.350 e. The fourth-order valence-electron chi connectivity index (χ4n) is 2.94. The molecule has 0 unspecified atom stereocenters. The van der Waals surface area contributed by atoms with Gasteiger partial charge in [-0.05, 0) is 23.3 Å². The molecule has 2 N–H and O–H groups in total. The number of nitrogens with one attached hydrogen (secondary N) is 2. The average molecular weight is 385 g/mol. The highest BCUT2D eigenvalue weighted by Gasteiger charge is 2.08. The van der Waals surface area contributed by atoms with E-state index >= 15 is 0 Å².